The van der Waals surface area contributed by atoms with Crippen molar-refractivity contribution < 1.29 is 0 Å². The molecular formula is C13H20N2. The van der Waals surface area contributed by atoms with Gasteiger partial charge in [-0.1, -0.05) is 27.7 Å². The van der Waals surface area contributed by atoms with Crippen molar-refractivity contribution in [2.24, 2.45) is 0 Å². The Kier molecular flexibility index (Phi) is 3.89. The molecule has 2 aromatic heterocycles. The van der Waals surface area contributed by atoms with Gasteiger partial charge in [-0.3, -0.25) is 0 Å². The van der Waals surface area contributed by atoms with E-state index in [9.17, 15) is 0 Å². The lowest BCUT2D eigenvalue weighted by Crippen LogP contribution is -1.85. The van der Waals surface area contributed by atoms with Gasteiger partial charge < -0.3 is 4.98 Å². The zero-order valence-electron chi connectivity index (χ0n) is 10.3. The first-order chi connectivity index (χ1) is 7.18. The number of rotatable bonds is 1. The van der Waals surface area contributed by atoms with Gasteiger partial charge in [0.2, 0.25) is 0 Å². The molecular weight excluding hydrogens is 184 g/mol. The third-order valence-electron chi connectivity index (χ3n) is 2.32. The van der Waals surface area contributed by atoms with Crippen molar-refractivity contribution in [3.8, 4) is 0 Å². The molecule has 0 aliphatic carbocycles. The summed E-state index contributed by atoms with van der Waals surface area (Å²) in [5.41, 5.74) is 3.56. The first kappa shape index (κ1) is 11.8. The van der Waals surface area contributed by atoms with Crippen LogP contribution in [0, 0.1) is 6.92 Å². The highest BCUT2D eigenvalue weighted by atomic mass is 14.8. The highest BCUT2D eigenvalue weighted by Gasteiger charge is 2.07. The SMILES string of the molecule is CC.Cc1cnc2[nH]cc(C(C)C)c2c1. The van der Waals surface area contributed by atoms with Gasteiger partial charge >= 0.3 is 0 Å². The largest absolute Gasteiger partial charge is 0.346 e. The number of fused-ring (bicyclic) bond motifs is 1. The van der Waals surface area contributed by atoms with Gasteiger partial charge in [-0.05, 0) is 30.0 Å². The Morgan fingerprint density at radius 3 is 2.53 bits per heavy atom. The van der Waals surface area contributed by atoms with Crippen LogP contribution in [0.5, 0.6) is 0 Å². The predicted octanol–water partition coefficient (Wildman–Crippen LogP) is 4.02. The summed E-state index contributed by atoms with van der Waals surface area (Å²) < 4.78 is 0. The summed E-state index contributed by atoms with van der Waals surface area (Å²) in [6.45, 7) is 10.5. The number of H-pyrrole nitrogens is 1. The Bertz CT molecular complexity index is 427. The van der Waals surface area contributed by atoms with Crippen molar-refractivity contribution in [2.45, 2.75) is 40.5 Å². The van der Waals surface area contributed by atoms with Crippen molar-refractivity contribution in [3.63, 3.8) is 0 Å². The lowest BCUT2D eigenvalue weighted by molar-refractivity contribution is 0.875. The highest BCUT2D eigenvalue weighted by molar-refractivity contribution is 5.80. The van der Waals surface area contributed by atoms with E-state index in [1.54, 1.807) is 0 Å². The van der Waals surface area contributed by atoms with E-state index in [4.69, 9.17) is 0 Å². The molecule has 15 heavy (non-hydrogen) atoms. The summed E-state index contributed by atoms with van der Waals surface area (Å²) in [4.78, 5) is 7.51. The lowest BCUT2D eigenvalue weighted by atomic mass is 10.0. The van der Waals surface area contributed by atoms with Crippen LogP contribution in [0.2, 0.25) is 0 Å². The molecule has 0 radical (unpaired) electrons. The van der Waals surface area contributed by atoms with Crippen molar-refractivity contribution >= 4 is 11.0 Å². The van der Waals surface area contributed by atoms with Crippen LogP contribution in [0.25, 0.3) is 11.0 Å². The third kappa shape index (κ3) is 2.38. The predicted molar refractivity (Wildman–Crippen MR) is 66.3 cm³/mol. The average molecular weight is 204 g/mol. The molecule has 0 bridgehead atoms. The number of hydrogen-bond donors (Lipinski definition) is 1. The molecule has 82 valence electrons. The minimum Gasteiger partial charge on any atom is -0.346 e. The number of pyridine rings is 1. The normalized spacial score (nSPS) is 10.3. The Morgan fingerprint density at radius 2 is 1.93 bits per heavy atom. The second kappa shape index (κ2) is 4.96. The van der Waals surface area contributed by atoms with Crippen molar-refractivity contribution in [3.05, 3.63) is 29.6 Å². The maximum Gasteiger partial charge on any atom is 0.137 e. The topological polar surface area (TPSA) is 28.7 Å². The monoisotopic (exact) mass is 204 g/mol. The first-order valence-electron chi connectivity index (χ1n) is 5.62. The van der Waals surface area contributed by atoms with Crippen LogP contribution in [0.4, 0.5) is 0 Å². The summed E-state index contributed by atoms with van der Waals surface area (Å²) in [6, 6.07) is 2.19. The van der Waals surface area contributed by atoms with Crippen LogP contribution in [-0.2, 0) is 0 Å². The Balaban J connectivity index is 0.000000531. The Hall–Kier alpha value is -1.31. The Labute approximate surface area is 91.7 Å². The van der Waals surface area contributed by atoms with E-state index in [0.717, 1.165) is 5.65 Å². The molecule has 2 nitrogen and oxygen atoms in total. The molecule has 0 aromatic carbocycles. The number of aromatic amines is 1. The smallest absolute Gasteiger partial charge is 0.137 e. The molecule has 0 saturated carbocycles. The van der Waals surface area contributed by atoms with E-state index < -0.39 is 0 Å². The third-order valence-corrected chi connectivity index (χ3v) is 2.32. The summed E-state index contributed by atoms with van der Waals surface area (Å²) in [5, 5.41) is 1.26. The van der Waals surface area contributed by atoms with Crippen LogP contribution in [-0.4, -0.2) is 9.97 Å². The second-order valence-electron chi connectivity index (χ2n) is 3.81. The maximum atomic E-state index is 4.33. The summed E-state index contributed by atoms with van der Waals surface area (Å²) in [7, 11) is 0. The van der Waals surface area contributed by atoms with Gasteiger partial charge in [0.05, 0.1) is 0 Å². The van der Waals surface area contributed by atoms with Gasteiger partial charge in [-0.25, -0.2) is 4.98 Å². The van der Waals surface area contributed by atoms with Gasteiger partial charge in [0.1, 0.15) is 5.65 Å². The van der Waals surface area contributed by atoms with Crippen LogP contribution < -0.4 is 0 Å². The zero-order valence-corrected chi connectivity index (χ0v) is 10.3. The van der Waals surface area contributed by atoms with E-state index in [1.165, 1.54) is 16.5 Å². The minimum atomic E-state index is 0.553. The van der Waals surface area contributed by atoms with Gasteiger partial charge in [0.25, 0.3) is 0 Å². The summed E-state index contributed by atoms with van der Waals surface area (Å²) >= 11 is 0. The molecule has 2 heterocycles. The summed E-state index contributed by atoms with van der Waals surface area (Å²) in [5.74, 6) is 0.553. The number of hydrogen-bond acceptors (Lipinski definition) is 1. The lowest BCUT2D eigenvalue weighted by Gasteiger charge is -2.01. The Morgan fingerprint density at radius 1 is 1.27 bits per heavy atom. The van der Waals surface area contributed by atoms with E-state index >= 15 is 0 Å². The van der Waals surface area contributed by atoms with Gasteiger partial charge in [-0.15, -0.1) is 0 Å². The van der Waals surface area contributed by atoms with Gasteiger partial charge in [0.15, 0.2) is 0 Å². The second-order valence-corrected chi connectivity index (χ2v) is 3.81. The van der Waals surface area contributed by atoms with E-state index in [0.29, 0.717) is 5.92 Å². The summed E-state index contributed by atoms with van der Waals surface area (Å²) in [6.07, 6.45) is 3.95. The van der Waals surface area contributed by atoms with Crippen molar-refractivity contribution in [2.75, 3.05) is 0 Å². The maximum absolute atomic E-state index is 4.33. The van der Waals surface area contributed by atoms with E-state index in [2.05, 4.69) is 43.0 Å². The number of nitrogens with zero attached hydrogens (tertiary/aromatic N) is 1. The fraction of sp³-hybridized carbons (Fsp3) is 0.462. The molecule has 0 fully saturated rings. The molecule has 0 amide bonds. The van der Waals surface area contributed by atoms with Crippen LogP contribution in [0.3, 0.4) is 0 Å². The number of nitrogens with one attached hydrogen (secondary N) is 1. The first-order valence-corrected chi connectivity index (χ1v) is 5.62. The molecule has 2 aromatic rings. The quantitative estimate of drug-likeness (QED) is 0.746. The van der Waals surface area contributed by atoms with Gasteiger partial charge in [-0.2, -0.15) is 0 Å². The molecule has 2 heteroatoms. The van der Waals surface area contributed by atoms with Crippen LogP contribution in [0.15, 0.2) is 18.5 Å². The van der Waals surface area contributed by atoms with Gasteiger partial charge in [0, 0.05) is 17.8 Å². The standard InChI is InChI=1S/C11H14N2.C2H6/c1-7(2)10-6-13-11-9(10)4-8(3)5-12-11;1-2/h4-7H,1-3H3,(H,12,13);1-2H3. The molecule has 0 aliphatic rings. The average Bonchev–Trinajstić information content (AvgIpc) is 2.63. The molecule has 0 atom stereocenters. The van der Waals surface area contributed by atoms with E-state index in [-0.39, 0.29) is 0 Å². The fourth-order valence-corrected chi connectivity index (χ4v) is 1.61. The van der Waals surface area contributed by atoms with Crippen molar-refractivity contribution in [1.82, 2.24) is 9.97 Å². The van der Waals surface area contributed by atoms with Crippen LogP contribution in [0.1, 0.15) is 44.7 Å². The molecule has 0 unspecified atom stereocenters. The highest BCUT2D eigenvalue weighted by Crippen LogP contribution is 2.24. The fourth-order valence-electron chi connectivity index (χ4n) is 1.61. The molecule has 2 rings (SSSR count). The van der Waals surface area contributed by atoms with Crippen molar-refractivity contribution in [1.29, 1.82) is 0 Å². The van der Waals surface area contributed by atoms with Crippen LogP contribution >= 0.6 is 0 Å². The molecule has 0 aliphatic heterocycles. The minimum absolute atomic E-state index is 0.553. The molecule has 1 N–H and O–H groups in total. The zero-order chi connectivity index (χ0) is 11.4. The number of aryl methyl sites for hydroxylation is 1. The van der Waals surface area contributed by atoms with E-state index in [1.807, 2.05) is 20.0 Å². The number of aromatic nitrogens is 2. The molecule has 0 spiro atoms. The molecule has 0 saturated heterocycles.